The Morgan fingerprint density at radius 1 is 1.41 bits per heavy atom. The van der Waals surface area contributed by atoms with Crippen molar-refractivity contribution in [1.29, 1.82) is 10.5 Å². The van der Waals surface area contributed by atoms with Crippen molar-refractivity contribution >= 4 is 28.9 Å². The van der Waals surface area contributed by atoms with Gasteiger partial charge in [0.15, 0.2) is 0 Å². The monoisotopic (exact) mass is 247 g/mol. The molecule has 0 fully saturated rings. The molecule has 0 bridgehead atoms. The lowest BCUT2D eigenvalue weighted by Crippen LogP contribution is -2.13. The minimum Gasteiger partial charge on any atom is -0.366 e. The molecule has 0 aromatic heterocycles. The SMILES string of the molecule is N#CC(C#N)=NNc1ccc(Cl)cc1C(N)=O. The summed E-state index contributed by atoms with van der Waals surface area (Å²) in [7, 11) is 0. The molecule has 1 amide bonds. The minimum atomic E-state index is -0.694. The molecule has 0 unspecified atom stereocenters. The van der Waals surface area contributed by atoms with Crippen LogP contribution in [0.2, 0.25) is 5.02 Å². The van der Waals surface area contributed by atoms with E-state index in [1.807, 2.05) is 0 Å². The molecule has 0 heterocycles. The van der Waals surface area contributed by atoms with Gasteiger partial charge in [-0.25, -0.2) is 0 Å². The van der Waals surface area contributed by atoms with Crippen LogP contribution in [-0.4, -0.2) is 11.6 Å². The van der Waals surface area contributed by atoms with Crippen LogP contribution in [0.4, 0.5) is 5.69 Å². The zero-order valence-corrected chi connectivity index (χ0v) is 9.19. The standard InChI is InChI=1S/C10H6ClN5O/c11-6-1-2-9(8(3-6)10(14)17)16-15-7(4-12)5-13/h1-3,16H,(H2,14,17). The quantitative estimate of drug-likeness (QED) is 0.618. The number of primary amides is 1. The molecule has 3 N–H and O–H groups in total. The third-order valence-electron chi connectivity index (χ3n) is 1.75. The molecule has 0 atom stereocenters. The number of nitrogens with zero attached hydrogens (tertiary/aromatic N) is 3. The first-order valence-electron chi connectivity index (χ1n) is 4.31. The zero-order valence-electron chi connectivity index (χ0n) is 8.44. The number of amides is 1. The Balaban J connectivity index is 3.09. The van der Waals surface area contributed by atoms with Crippen molar-refractivity contribution in [3.8, 4) is 12.1 Å². The summed E-state index contributed by atoms with van der Waals surface area (Å²) in [5, 5.41) is 20.8. The van der Waals surface area contributed by atoms with Gasteiger partial charge in [-0.15, -0.1) is 0 Å². The lowest BCUT2D eigenvalue weighted by atomic mass is 10.2. The summed E-state index contributed by atoms with van der Waals surface area (Å²) in [6.45, 7) is 0. The molecule has 1 aromatic rings. The van der Waals surface area contributed by atoms with E-state index in [0.29, 0.717) is 5.02 Å². The molecule has 1 rings (SSSR count). The molecule has 0 aliphatic rings. The second-order valence-electron chi connectivity index (χ2n) is 2.85. The number of hydrogen-bond acceptors (Lipinski definition) is 5. The van der Waals surface area contributed by atoms with Crippen molar-refractivity contribution in [3.05, 3.63) is 28.8 Å². The third-order valence-corrected chi connectivity index (χ3v) is 1.98. The Hall–Kier alpha value is -2.57. The molecule has 7 heteroatoms. The van der Waals surface area contributed by atoms with E-state index in [9.17, 15) is 4.79 Å². The van der Waals surface area contributed by atoms with Crippen LogP contribution < -0.4 is 11.2 Å². The Morgan fingerprint density at radius 2 is 2.06 bits per heavy atom. The summed E-state index contributed by atoms with van der Waals surface area (Å²) in [6.07, 6.45) is 0. The van der Waals surface area contributed by atoms with Gasteiger partial charge in [-0.1, -0.05) is 11.6 Å². The average molecular weight is 248 g/mol. The number of carbonyl (C=O) groups excluding carboxylic acids is 1. The van der Waals surface area contributed by atoms with E-state index >= 15 is 0 Å². The van der Waals surface area contributed by atoms with Crippen LogP contribution in [-0.2, 0) is 0 Å². The molecule has 84 valence electrons. The number of rotatable bonds is 3. The molecule has 0 saturated heterocycles. The Bertz CT molecular complexity index is 551. The van der Waals surface area contributed by atoms with Gasteiger partial charge >= 0.3 is 0 Å². The van der Waals surface area contributed by atoms with Crippen LogP contribution >= 0.6 is 11.6 Å². The third kappa shape index (κ3) is 3.20. The van der Waals surface area contributed by atoms with Crippen LogP contribution in [0.25, 0.3) is 0 Å². The number of hydrogen-bond donors (Lipinski definition) is 2. The maximum Gasteiger partial charge on any atom is 0.250 e. The van der Waals surface area contributed by atoms with Gasteiger partial charge in [0.2, 0.25) is 5.71 Å². The van der Waals surface area contributed by atoms with Crippen molar-refractivity contribution in [2.24, 2.45) is 10.8 Å². The number of anilines is 1. The fourth-order valence-corrected chi connectivity index (χ4v) is 1.18. The second kappa shape index (κ2) is 5.50. The van der Waals surface area contributed by atoms with E-state index in [1.165, 1.54) is 18.2 Å². The maximum atomic E-state index is 11.1. The molecule has 0 spiro atoms. The Morgan fingerprint density at radius 3 is 2.59 bits per heavy atom. The summed E-state index contributed by atoms with van der Waals surface area (Å²) < 4.78 is 0. The first-order valence-corrected chi connectivity index (χ1v) is 4.69. The van der Waals surface area contributed by atoms with Gasteiger partial charge in [0.25, 0.3) is 5.91 Å². The van der Waals surface area contributed by atoms with E-state index < -0.39 is 5.91 Å². The van der Waals surface area contributed by atoms with Gasteiger partial charge in [0.05, 0.1) is 11.3 Å². The van der Waals surface area contributed by atoms with E-state index in [4.69, 9.17) is 27.9 Å². The second-order valence-corrected chi connectivity index (χ2v) is 3.29. The fourth-order valence-electron chi connectivity index (χ4n) is 1.01. The highest BCUT2D eigenvalue weighted by Crippen LogP contribution is 2.20. The summed E-state index contributed by atoms with van der Waals surface area (Å²) in [5.41, 5.74) is 7.57. The van der Waals surface area contributed by atoms with E-state index in [2.05, 4.69) is 10.5 Å². The van der Waals surface area contributed by atoms with Crippen LogP contribution in [0.3, 0.4) is 0 Å². The number of nitrogens with two attached hydrogens (primary N) is 1. The topological polar surface area (TPSA) is 115 Å². The minimum absolute atomic E-state index is 0.122. The van der Waals surface area contributed by atoms with Gasteiger partial charge < -0.3 is 5.73 Å². The summed E-state index contributed by atoms with van der Waals surface area (Å²) in [6, 6.07) is 7.48. The summed E-state index contributed by atoms with van der Waals surface area (Å²) in [5.74, 6) is -0.694. The van der Waals surface area contributed by atoms with Gasteiger partial charge in [-0.3, -0.25) is 10.2 Å². The van der Waals surface area contributed by atoms with E-state index in [0.717, 1.165) is 0 Å². The predicted octanol–water partition coefficient (Wildman–Crippen LogP) is 1.25. The molecular formula is C10H6ClN5O. The number of carbonyl (C=O) groups is 1. The highest BCUT2D eigenvalue weighted by molar-refractivity contribution is 6.31. The molecular weight excluding hydrogens is 242 g/mol. The van der Waals surface area contributed by atoms with E-state index in [1.54, 1.807) is 12.1 Å². The average Bonchev–Trinajstić information content (AvgIpc) is 2.31. The number of hydrazone groups is 1. The molecule has 6 nitrogen and oxygen atoms in total. The van der Waals surface area contributed by atoms with Crippen molar-refractivity contribution in [2.45, 2.75) is 0 Å². The van der Waals surface area contributed by atoms with Crippen LogP contribution in [0.15, 0.2) is 23.3 Å². The van der Waals surface area contributed by atoms with Crippen LogP contribution in [0.5, 0.6) is 0 Å². The molecule has 1 aromatic carbocycles. The van der Waals surface area contributed by atoms with Crippen molar-refractivity contribution < 1.29 is 4.79 Å². The summed E-state index contributed by atoms with van der Waals surface area (Å²) in [4.78, 5) is 11.1. The van der Waals surface area contributed by atoms with Crippen LogP contribution in [0, 0.1) is 22.7 Å². The fraction of sp³-hybridized carbons (Fsp3) is 0. The van der Waals surface area contributed by atoms with Gasteiger partial charge in [-0.2, -0.15) is 15.6 Å². The predicted molar refractivity (Wildman–Crippen MR) is 62.3 cm³/mol. The molecule has 0 saturated carbocycles. The maximum absolute atomic E-state index is 11.1. The lowest BCUT2D eigenvalue weighted by Gasteiger charge is -2.05. The van der Waals surface area contributed by atoms with Crippen LogP contribution in [0.1, 0.15) is 10.4 Å². The summed E-state index contributed by atoms with van der Waals surface area (Å²) >= 11 is 5.70. The smallest absolute Gasteiger partial charge is 0.250 e. The molecule has 0 radical (unpaired) electrons. The van der Waals surface area contributed by atoms with E-state index in [-0.39, 0.29) is 17.0 Å². The van der Waals surface area contributed by atoms with Gasteiger partial charge in [0, 0.05) is 5.02 Å². The highest BCUT2D eigenvalue weighted by atomic mass is 35.5. The van der Waals surface area contributed by atoms with Gasteiger partial charge in [-0.05, 0) is 18.2 Å². The Kier molecular flexibility index (Phi) is 4.04. The lowest BCUT2D eigenvalue weighted by molar-refractivity contribution is 0.100. The number of nitriles is 2. The normalized spacial score (nSPS) is 8.65. The first kappa shape index (κ1) is 12.5. The van der Waals surface area contributed by atoms with Crippen molar-refractivity contribution in [2.75, 3.05) is 5.43 Å². The highest BCUT2D eigenvalue weighted by Gasteiger charge is 2.08. The number of nitrogens with one attached hydrogen (secondary N) is 1. The molecule has 17 heavy (non-hydrogen) atoms. The number of benzene rings is 1. The first-order chi connectivity index (χ1) is 8.08. The van der Waals surface area contributed by atoms with Gasteiger partial charge in [0.1, 0.15) is 12.1 Å². The molecule has 0 aliphatic heterocycles. The number of halogens is 1. The largest absolute Gasteiger partial charge is 0.366 e. The molecule has 0 aliphatic carbocycles. The van der Waals surface area contributed by atoms with Crippen molar-refractivity contribution in [3.63, 3.8) is 0 Å². The zero-order chi connectivity index (χ0) is 12.8. The van der Waals surface area contributed by atoms with Crippen molar-refractivity contribution in [1.82, 2.24) is 0 Å². The Labute approximate surface area is 102 Å².